The lowest BCUT2D eigenvalue weighted by molar-refractivity contribution is -0.131. The number of amides is 3. The molecule has 0 aliphatic carbocycles. The van der Waals surface area contributed by atoms with Gasteiger partial charge in [-0.15, -0.1) is 0 Å². The molecule has 0 bridgehead atoms. The van der Waals surface area contributed by atoms with Gasteiger partial charge in [-0.2, -0.15) is 0 Å². The fourth-order valence-electron chi connectivity index (χ4n) is 4.15. The lowest BCUT2D eigenvalue weighted by atomic mass is 10.0. The van der Waals surface area contributed by atoms with E-state index in [1.54, 1.807) is 11.9 Å². The molecule has 0 fully saturated rings. The molecule has 172 valence electrons. The van der Waals surface area contributed by atoms with E-state index >= 15 is 0 Å². The molecule has 0 saturated heterocycles. The van der Waals surface area contributed by atoms with Crippen LogP contribution in [0.2, 0.25) is 0 Å². The van der Waals surface area contributed by atoms with Crippen molar-refractivity contribution in [3.63, 3.8) is 0 Å². The summed E-state index contributed by atoms with van der Waals surface area (Å²) in [5, 5.41) is 3.66. The molecule has 9 nitrogen and oxygen atoms in total. The van der Waals surface area contributed by atoms with E-state index in [-0.39, 0.29) is 30.8 Å². The highest BCUT2D eigenvalue weighted by Crippen LogP contribution is 2.29. The highest BCUT2D eigenvalue weighted by molar-refractivity contribution is 5.95. The van der Waals surface area contributed by atoms with Crippen molar-refractivity contribution in [1.82, 2.24) is 25.2 Å². The van der Waals surface area contributed by atoms with Crippen LogP contribution in [-0.2, 0) is 33.8 Å². The first-order valence-corrected chi connectivity index (χ1v) is 11.0. The van der Waals surface area contributed by atoms with Crippen LogP contribution >= 0.6 is 0 Å². The molecule has 1 aliphatic heterocycles. The number of benzene rings is 1. The van der Waals surface area contributed by atoms with Gasteiger partial charge in [0.2, 0.25) is 17.7 Å². The van der Waals surface area contributed by atoms with Gasteiger partial charge in [0, 0.05) is 55.3 Å². The number of nitrogens with zero attached hydrogens (tertiary/aromatic N) is 4. The van der Waals surface area contributed by atoms with Crippen molar-refractivity contribution in [3.8, 4) is 0 Å². The second kappa shape index (κ2) is 9.40. The maximum Gasteiger partial charge on any atom is 0.242 e. The van der Waals surface area contributed by atoms with Gasteiger partial charge < -0.3 is 15.2 Å². The average molecular weight is 449 g/mol. The van der Waals surface area contributed by atoms with Crippen LogP contribution in [0.1, 0.15) is 36.0 Å². The summed E-state index contributed by atoms with van der Waals surface area (Å²) in [5.41, 5.74) is 4.02. The predicted octanol–water partition coefficient (Wildman–Crippen LogP) is 1.88. The van der Waals surface area contributed by atoms with Crippen LogP contribution in [0.5, 0.6) is 0 Å². The van der Waals surface area contributed by atoms with Gasteiger partial charge in [-0.1, -0.05) is 18.2 Å². The molecule has 3 amide bonds. The first-order valence-electron chi connectivity index (χ1n) is 11.0. The third-order valence-electron chi connectivity index (χ3n) is 5.96. The quantitative estimate of drug-likeness (QED) is 0.573. The molecule has 3 aromatic rings. The van der Waals surface area contributed by atoms with Crippen LogP contribution in [0.15, 0.2) is 30.5 Å². The standard InChI is InChI=1S/C24H28N6O3/c1-15-18-8-9-22(32)30(11-10-17-12-26-20-7-5-4-6-19(17)20)24(18)28-21(27-15)14-29(3)23(33)13-25-16(2)31/h4-7,12,26H,8-11,13-14H2,1-3H3,(H,25,31). The maximum absolute atomic E-state index is 12.8. The number of carbonyl (C=O) groups excluding carboxylic acids is 3. The summed E-state index contributed by atoms with van der Waals surface area (Å²) in [7, 11) is 1.64. The Bertz CT molecular complexity index is 1220. The minimum absolute atomic E-state index is 0.0430. The van der Waals surface area contributed by atoms with Crippen LogP contribution in [-0.4, -0.2) is 57.7 Å². The lowest BCUT2D eigenvalue weighted by Crippen LogP contribution is -2.39. The van der Waals surface area contributed by atoms with Crippen molar-refractivity contribution in [2.75, 3.05) is 25.0 Å². The molecular formula is C24H28N6O3. The molecule has 2 N–H and O–H groups in total. The number of carbonyl (C=O) groups is 3. The topological polar surface area (TPSA) is 111 Å². The number of nitrogens with one attached hydrogen (secondary N) is 2. The fourth-order valence-corrected chi connectivity index (χ4v) is 4.15. The summed E-state index contributed by atoms with van der Waals surface area (Å²) >= 11 is 0. The summed E-state index contributed by atoms with van der Waals surface area (Å²) < 4.78 is 0. The monoisotopic (exact) mass is 448 g/mol. The minimum atomic E-state index is -0.262. The highest BCUT2D eigenvalue weighted by Gasteiger charge is 2.28. The SMILES string of the molecule is CC(=O)NCC(=O)N(C)Cc1nc(C)c2c(n1)N(CCc1c[nH]c3ccccc13)C(=O)CC2. The number of likely N-dealkylation sites (N-methyl/N-ethyl adjacent to an activating group) is 1. The number of aromatic amines is 1. The second-order valence-corrected chi connectivity index (χ2v) is 8.34. The molecule has 0 saturated carbocycles. The van der Waals surface area contributed by atoms with Crippen LogP contribution < -0.4 is 10.2 Å². The van der Waals surface area contributed by atoms with Gasteiger partial charge in [-0.05, 0) is 31.4 Å². The molecule has 3 heterocycles. The second-order valence-electron chi connectivity index (χ2n) is 8.34. The minimum Gasteiger partial charge on any atom is -0.361 e. The Morgan fingerprint density at radius 3 is 2.79 bits per heavy atom. The Morgan fingerprint density at radius 2 is 2.00 bits per heavy atom. The molecule has 1 aromatic carbocycles. The molecule has 0 spiro atoms. The third kappa shape index (κ3) is 4.87. The molecule has 0 radical (unpaired) electrons. The third-order valence-corrected chi connectivity index (χ3v) is 5.96. The number of para-hydroxylation sites is 1. The van der Waals surface area contributed by atoms with Crippen molar-refractivity contribution in [2.24, 2.45) is 0 Å². The first kappa shape index (κ1) is 22.4. The summed E-state index contributed by atoms with van der Waals surface area (Å²) in [5.74, 6) is 0.646. The maximum atomic E-state index is 12.8. The molecular weight excluding hydrogens is 420 g/mol. The first-order chi connectivity index (χ1) is 15.8. The van der Waals surface area contributed by atoms with Crippen LogP contribution in [0.25, 0.3) is 10.9 Å². The molecule has 9 heteroatoms. The Kier molecular flexibility index (Phi) is 6.39. The number of H-pyrrole nitrogens is 1. The van der Waals surface area contributed by atoms with Crippen molar-refractivity contribution >= 4 is 34.4 Å². The summed E-state index contributed by atoms with van der Waals surface area (Å²) in [6, 6.07) is 8.11. The number of hydrogen-bond donors (Lipinski definition) is 2. The Morgan fingerprint density at radius 1 is 1.21 bits per heavy atom. The molecule has 0 atom stereocenters. The Hall–Kier alpha value is -3.75. The predicted molar refractivity (Wildman–Crippen MR) is 125 cm³/mol. The van der Waals surface area contributed by atoms with Crippen LogP contribution in [0.4, 0.5) is 5.82 Å². The van der Waals surface area contributed by atoms with Crippen molar-refractivity contribution in [1.29, 1.82) is 0 Å². The van der Waals surface area contributed by atoms with Gasteiger partial charge in [-0.25, -0.2) is 9.97 Å². The molecule has 4 rings (SSSR count). The fraction of sp³-hybridized carbons (Fsp3) is 0.375. The van der Waals surface area contributed by atoms with E-state index in [4.69, 9.17) is 4.98 Å². The number of aryl methyl sites for hydroxylation is 1. The number of hydrogen-bond acceptors (Lipinski definition) is 5. The van der Waals surface area contributed by atoms with Gasteiger partial charge >= 0.3 is 0 Å². The normalized spacial score (nSPS) is 13.2. The summed E-state index contributed by atoms with van der Waals surface area (Å²) in [6.45, 7) is 3.91. The zero-order chi connectivity index (χ0) is 23.5. The number of rotatable bonds is 7. The zero-order valence-electron chi connectivity index (χ0n) is 19.1. The number of fused-ring (bicyclic) bond motifs is 2. The number of anilines is 1. The van der Waals surface area contributed by atoms with Crippen LogP contribution in [0.3, 0.4) is 0 Å². The molecule has 33 heavy (non-hydrogen) atoms. The Labute approximate surface area is 192 Å². The van der Waals surface area contributed by atoms with Gasteiger partial charge in [0.15, 0.2) is 0 Å². The van der Waals surface area contributed by atoms with E-state index in [1.165, 1.54) is 11.8 Å². The van der Waals surface area contributed by atoms with E-state index in [9.17, 15) is 14.4 Å². The summed E-state index contributed by atoms with van der Waals surface area (Å²) in [6.07, 6.45) is 3.73. The van der Waals surface area contributed by atoms with E-state index in [0.29, 0.717) is 37.4 Å². The smallest absolute Gasteiger partial charge is 0.242 e. The van der Waals surface area contributed by atoms with Crippen LogP contribution in [0, 0.1) is 6.92 Å². The van der Waals surface area contributed by atoms with E-state index in [2.05, 4.69) is 21.4 Å². The number of aromatic nitrogens is 3. The van der Waals surface area contributed by atoms with Gasteiger partial charge in [0.05, 0.1) is 13.1 Å². The molecule has 1 aliphatic rings. The highest BCUT2D eigenvalue weighted by atomic mass is 16.2. The zero-order valence-corrected chi connectivity index (χ0v) is 19.1. The Balaban J connectivity index is 1.54. The van der Waals surface area contributed by atoms with Gasteiger partial charge in [-0.3, -0.25) is 19.3 Å². The van der Waals surface area contributed by atoms with Gasteiger partial charge in [0.25, 0.3) is 0 Å². The molecule has 0 unspecified atom stereocenters. The van der Waals surface area contributed by atoms with Gasteiger partial charge in [0.1, 0.15) is 11.6 Å². The van der Waals surface area contributed by atoms with E-state index in [1.807, 2.05) is 31.3 Å². The summed E-state index contributed by atoms with van der Waals surface area (Å²) in [4.78, 5) is 51.9. The van der Waals surface area contributed by atoms with Crippen molar-refractivity contribution < 1.29 is 14.4 Å². The van der Waals surface area contributed by atoms with Crippen molar-refractivity contribution in [3.05, 3.63) is 53.1 Å². The lowest BCUT2D eigenvalue weighted by Gasteiger charge is -2.29. The van der Waals surface area contributed by atoms with E-state index < -0.39 is 0 Å². The average Bonchev–Trinajstić information content (AvgIpc) is 3.19. The largest absolute Gasteiger partial charge is 0.361 e. The van der Waals surface area contributed by atoms with E-state index in [0.717, 1.165) is 27.7 Å². The molecule has 2 aromatic heterocycles. The van der Waals surface area contributed by atoms with Crippen molar-refractivity contribution in [2.45, 2.75) is 39.7 Å².